The van der Waals surface area contributed by atoms with Crippen molar-refractivity contribution in [1.82, 2.24) is 0 Å². The van der Waals surface area contributed by atoms with E-state index in [9.17, 15) is 19.2 Å². The summed E-state index contributed by atoms with van der Waals surface area (Å²) in [7, 11) is 2.43. The number of carbonyl (C=O) groups is 4. The summed E-state index contributed by atoms with van der Waals surface area (Å²) < 4.78 is 14.9. The Labute approximate surface area is 189 Å². The van der Waals surface area contributed by atoms with Crippen LogP contribution < -0.4 is 5.32 Å². The van der Waals surface area contributed by atoms with Crippen molar-refractivity contribution < 1.29 is 33.4 Å². The topological polar surface area (TPSA) is 108 Å². The number of amides is 1. The summed E-state index contributed by atoms with van der Waals surface area (Å²) in [5, 5.41) is 2.69. The highest BCUT2D eigenvalue weighted by Gasteiger charge is 2.44. The molecule has 0 spiro atoms. The van der Waals surface area contributed by atoms with Crippen LogP contribution in [0.4, 0.5) is 5.00 Å². The molecule has 2 aromatic rings. The molecule has 1 aromatic heterocycles. The highest BCUT2D eigenvalue weighted by atomic mass is 32.1. The molecule has 0 unspecified atom stereocenters. The number of anilines is 1. The Morgan fingerprint density at radius 2 is 1.62 bits per heavy atom. The van der Waals surface area contributed by atoms with Crippen molar-refractivity contribution in [2.75, 3.05) is 26.1 Å². The molecule has 170 valence electrons. The van der Waals surface area contributed by atoms with Gasteiger partial charge >= 0.3 is 17.9 Å². The molecule has 8 nitrogen and oxygen atoms in total. The number of carbonyl (C=O) groups excluding carboxylic acids is 4. The Balaban J connectivity index is 1.74. The number of hydrogen-bond acceptors (Lipinski definition) is 8. The zero-order valence-electron chi connectivity index (χ0n) is 18.2. The summed E-state index contributed by atoms with van der Waals surface area (Å²) in [6.07, 6.45) is 3.14. The van der Waals surface area contributed by atoms with Crippen molar-refractivity contribution >= 4 is 40.2 Å². The molecule has 0 atom stereocenters. The first-order valence-electron chi connectivity index (χ1n) is 10.2. The fourth-order valence-corrected chi connectivity index (χ4v) is 5.14. The Morgan fingerprint density at radius 3 is 2.22 bits per heavy atom. The van der Waals surface area contributed by atoms with Crippen molar-refractivity contribution in [1.29, 1.82) is 0 Å². The zero-order chi connectivity index (χ0) is 23.3. The van der Waals surface area contributed by atoms with Gasteiger partial charge in [-0.1, -0.05) is 43.2 Å². The fourth-order valence-electron chi connectivity index (χ4n) is 4.02. The molecule has 1 heterocycles. The molecule has 1 fully saturated rings. The SMILES string of the molecule is COC(=O)c1sc(NC(=O)COC(=O)C2(c3ccccc3)CCCC2)c(C(=O)OC)c1C. The second-order valence-electron chi connectivity index (χ2n) is 7.52. The van der Waals surface area contributed by atoms with Crippen LogP contribution in [-0.2, 0) is 29.2 Å². The third kappa shape index (κ3) is 4.52. The molecule has 3 rings (SSSR count). The summed E-state index contributed by atoms with van der Waals surface area (Å²) in [6, 6.07) is 9.44. The molecule has 1 aromatic carbocycles. The van der Waals surface area contributed by atoms with Crippen LogP contribution in [0.3, 0.4) is 0 Å². The monoisotopic (exact) mass is 459 g/mol. The summed E-state index contributed by atoms with van der Waals surface area (Å²) in [5.41, 5.74) is 0.535. The molecule has 1 aliphatic rings. The van der Waals surface area contributed by atoms with Crippen LogP contribution in [0.5, 0.6) is 0 Å². The van der Waals surface area contributed by atoms with E-state index in [1.165, 1.54) is 14.2 Å². The highest BCUT2D eigenvalue weighted by molar-refractivity contribution is 7.18. The minimum Gasteiger partial charge on any atom is -0.465 e. The first-order chi connectivity index (χ1) is 15.3. The lowest BCUT2D eigenvalue weighted by atomic mass is 9.79. The van der Waals surface area contributed by atoms with Gasteiger partial charge in [-0.3, -0.25) is 9.59 Å². The molecular weight excluding hydrogens is 434 g/mol. The molecule has 0 aliphatic heterocycles. The maximum absolute atomic E-state index is 13.0. The first kappa shape index (κ1) is 23.5. The minimum atomic E-state index is -0.754. The number of rotatable bonds is 7. The summed E-state index contributed by atoms with van der Waals surface area (Å²) >= 11 is 0.899. The molecule has 1 aliphatic carbocycles. The normalized spacial score (nSPS) is 14.5. The van der Waals surface area contributed by atoms with E-state index in [4.69, 9.17) is 14.2 Å². The number of ether oxygens (including phenoxy) is 3. The standard InChI is InChI=1S/C23H25NO7S/c1-14-17(20(26)29-2)19(32-18(14)21(27)30-3)24-16(25)13-31-22(28)23(11-7-8-12-23)15-9-5-4-6-10-15/h4-6,9-10H,7-8,11-13H2,1-3H3,(H,24,25). The third-order valence-electron chi connectivity index (χ3n) is 5.67. The summed E-state index contributed by atoms with van der Waals surface area (Å²) in [5.74, 6) is -2.39. The average molecular weight is 460 g/mol. The number of nitrogens with one attached hydrogen (secondary N) is 1. The Bertz CT molecular complexity index is 1020. The van der Waals surface area contributed by atoms with Gasteiger partial charge in [-0.15, -0.1) is 11.3 Å². The van der Waals surface area contributed by atoms with Crippen molar-refractivity contribution in [2.45, 2.75) is 38.0 Å². The predicted molar refractivity (Wildman–Crippen MR) is 118 cm³/mol. The van der Waals surface area contributed by atoms with Gasteiger partial charge in [0.05, 0.1) is 25.2 Å². The van der Waals surface area contributed by atoms with Gasteiger partial charge in [0.25, 0.3) is 5.91 Å². The van der Waals surface area contributed by atoms with Crippen molar-refractivity contribution in [3.05, 3.63) is 51.9 Å². The van der Waals surface area contributed by atoms with Gasteiger partial charge in [0, 0.05) is 0 Å². The lowest BCUT2D eigenvalue weighted by molar-refractivity contribution is -0.153. The van der Waals surface area contributed by atoms with E-state index in [0.29, 0.717) is 18.4 Å². The molecule has 0 saturated heterocycles. The van der Waals surface area contributed by atoms with Gasteiger partial charge < -0.3 is 19.5 Å². The van der Waals surface area contributed by atoms with E-state index < -0.39 is 35.8 Å². The van der Waals surface area contributed by atoms with Gasteiger partial charge in [-0.25, -0.2) is 9.59 Å². The first-order valence-corrected chi connectivity index (χ1v) is 11.0. The van der Waals surface area contributed by atoms with Crippen LogP contribution in [0.2, 0.25) is 0 Å². The van der Waals surface area contributed by atoms with Crippen molar-refractivity contribution in [3.63, 3.8) is 0 Å². The zero-order valence-corrected chi connectivity index (χ0v) is 19.0. The second-order valence-corrected chi connectivity index (χ2v) is 8.54. The van der Waals surface area contributed by atoms with Crippen LogP contribution in [0, 0.1) is 6.92 Å². The highest BCUT2D eigenvalue weighted by Crippen LogP contribution is 2.42. The van der Waals surface area contributed by atoms with Gasteiger partial charge in [-0.2, -0.15) is 0 Å². The van der Waals surface area contributed by atoms with Crippen LogP contribution in [0.15, 0.2) is 30.3 Å². The third-order valence-corrected chi connectivity index (χ3v) is 6.86. The van der Waals surface area contributed by atoms with E-state index in [1.54, 1.807) is 6.92 Å². The number of benzene rings is 1. The molecule has 9 heteroatoms. The van der Waals surface area contributed by atoms with Crippen molar-refractivity contribution in [3.8, 4) is 0 Å². The minimum absolute atomic E-state index is 0.0640. The number of methoxy groups -OCH3 is 2. The smallest absolute Gasteiger partial charge is 0.348 e. The molecule has 32 heavy (non-hydrogen) atoms. The molecular formula is C23H25NO7S. The van der Waals surface area contributed by atoms with Crippen LogP contribution in [0.1, 0.15) is 56.8 Å². The Hall–Kier alpha value is -3.20. The Kier molecular flexibility index (Phi) is 7.29. The van der Waals surface area contributed by atoms with E-state index in [-0.39, 0.29) is 15.4 Å². The van der Waals surface area contributed by atoms with Gasteiger partial charge in [0.2, 0.25) is 0 Å². The van der Waals surface area contributed by atoms with E-state index in [1.807, 2.05) is 30.3 Å². The van der Waals surface area contributed by atoms with Crippen LogP contribution >= 0.6 is 11.3 Å². The maximum Gasteiger partial charge on any atom is 0.348 e. The number of hydrogen-bond donors (Lipinski definition) is 1. The lowest BCUT2D eigenvalue weighted by Crippen LogP contribution is -2.36. The van der Waals surface area contributed by atoms with E-state index >= 15 is 0 Å². The molecule has 0 radical (unpaired) electrons. The quantitative estimate of drug-likeness (QED) is 0.498. The van der Waals surface area contributed by atoms with Gasteiger partial charge in [0.1, 0.15) is 9.88 Å². The van der Waals surface area contributed by atoms with Crippen molar-refractivity contribution in [2.24, 2.45) is 0 Å². The maximum atomic E-state index is 13.0. The van der Waals surface area contributed by atoms with Gasteiger partial charge in [0.15, 0.2) is 6.61 Å². The predicted octanol–water partition coefficient (Wildman–Crippen LogP) is 3.62. The molecule has 0 bridgehead atoms. The lowest BCUT2D eigenvalue weighted by Gasteiger charge is -2.27. The van der Waals surface area contributed by atoms with Crippen LogP contribution in [0.25, 0.3) is 0 Å². The average Bonchev–Trinajstić information content (AvgIpc) is 3.43. The van der Waals surface area contributed by atoms with Crippen LogP contribution in [-0.4, -0.2) is 44.6 Å². The largest absolute Gasteiger partial charge is 0.465 e. The molecule has 1 N–H and O–H groups in total. The Morgan fingerprint density at radius 1 is 1.00 bits per heavy atom. The van der Waals surface area contributed by atoms with Gasteiger partial charge in [-0.05, 0) is 30.9 Å². The fraction of sp³-hybridized carbons (Fsp3) is 0.391. The second kappa shape index (κ2) is 9.95. The van der Waals surface area contributed by atoms with E-state index in [0.717, 1.165) is 29.7 Å². The van der Waals surface area contributed by atoms with E-state index in [2.05, 4.69) is 5.32 Å². The number of thiophene rings is 1. The molecule has 1 saturated carbocycles. The number of esters is 3. The molecule has 1 amide bonds. The summed E-state index contributed by atoms with van der Waals surface area (Å²) in [4.78, 5) is 49.9. The summed E-state index contributed by atoms with van der Waals surface area (Å²) in [6.45, 7) is 1.05.